The number of nitrogens with zero attached hydrogens (tertiary/aromatic N) is 3. The van der Waals surface area contributed by atoms with Crippen LogP contribution in [0, 0.1) is 0 Å². The lowest BCUT2D eigenvalue weighted by atomic mass is 10.3. The SMILES string of the molecule is CC(Nc1ncnc(NN)c1Br)C(=O)N1CCCC1. The number of aromatic nitrogens is 2. The second-order valence-corrected chi connectivity index (χ2v) is 5.22. The second-order valence-electron chi connectivity index (χ2n) is 4.43. The zero-order valence-electron chi connectivity index (χ0n) is 10.7. The molecule has 0 aromatic carbocycles. The summed E-state index contributed by atoms with van der Waals surface area (Å²) in [7, 11) is 0. The third-order valence-electron chi connectivity index (χ3n) is 3.07. The Bertz CT molecular complexity index is 462. The lowest BCUT2D eigenvalue weighted by Gasteiger charge is -2.22. The van der Waals surface area contributed by atoms with Gasteiger partial charge in [-0.1, -0.05) is 0 Å². The third kappa shape index (κ3) is 3.13. The molecule has 0 saturated carbocycles. The molecule has 1 saturated heterocycles. The maximum atomic E-state index is 12.2. The minimum absolute atomic E-state index is 0.0882. The number of carbonyl (C=O) groups excluding carboxylic acids is 1. The summed E-state index contributed by atoms with van der Waals surface area (Å²) in [6.45, 7) is 3.50. The van der Waals surface area contributed by atoms with Crippen LogP contribution >= 0.6 is 15.9 Å². The monoisotopic (exact) mass is 328 g/mol. The van der Waals surface area contributed by atoms with E-state index in [9.17, 15) is 4.79 Å². The first kappa shape index (κ1) is 14.0. The van der Waals surface area contributed by atoms with Gasteiger partial charge in [-0.25, -0.2) is 15.8 Å². The van der Waals surface area contributed by atoms with Gasteiger partial charge in [-0.2, -0.15) is 0 Å². The molecular weight excluding hydrogens is 312 g/mol. The van der Waals surface area contributed by atoms with E-state index in [2.05, 4.69) is 36.6 Å². The molecule has 0 spiro atoms. The van der Waals surface area contributed by atoms with Gasteiger partial charge >= 0.3 is 0 Å². The van der Waals surface area contributed by atoms with Crippen LogP contribution in [0.1, 0.15) is 19.8 Å². The van der Waals surface area contributed by atoms with Crippen LogP contribution in [0.3, 0.4) is 0 Å². The molecule has 104 valence electrons. The van der Waals surface area contributed by atoms with Gasteiger partial charge in [-0.15, -0.1) is 0 Å². The largest absolute Gasteiger partial charge is 0.358 e. The van der Waals surface area contributed by atoms with Crippen LogP contribution in [0.4, 0.5) is 11.6 Å². The summed E-state index contributed by atoms with van der Waals surface area (Å²) in [5.74, 6) is 6.44. The van der Waals surface area contributed by atoms with Crippen LogP contribution in [-0.2, 0) is 4.79 Å². The van der Waals surface area contributed by atoms with Gasteiger partial charge in [-0.05, 0) is 35.7 Å². The molecule has 1 aliphatic heterocycles. The first-order valence-electron chi connectivity index (χ1n) is 6.16. The van der Waals surface area contributed by atoms with E-state index in [1.165, 1.54) is 6.33 Å². The van der Waals surface area contributed by atoms with Crippen molar-refractivity contribution in [3.8, 4) is 0 Å². The fourth-order valence-corrected chi connectivity index (χ4v) is 2.48. The summed E-state index contributed by atoms with van der Waals surface area (Å²) < 4.78 is 0.610. The Hall–Kier alpha value is -1.41. The van der Waals surface area contributed by atoms with Crippen molar-refractivity contribution in [3.05, 3.63) is 10.8 Å². The van der Waals surface area contributed by atoms with Crippen molar-refractivity contribution in [2.45, 2.75) is 25.8 Å². The zero-order valence-corrected chi connectivity index (χ0v) is 12.3. The van der Waals surface area contributed by atoms with Crippen molar-refractivity contribution in [3.63, 3.8) is 0 Å². The van der Waals surface area contributed by atoms with Crippen LogP contribution in [-0.4, -0.2) is 39.9 Å². The number of nitrogens with one attached hydrogen (secondary N) is 2. The third-order valence-corrected chi connectivity index (χ3v) is 3.82. The second kappa shape index (κ2) is 6.16. The number of hydrogen-bond acceptors (Lipinski definition) is 6. The van der Waals surface area contributed by atoms with Gasteiger partial charge in [0.15, 0.2) is 5.82 Å². The number of anilines is 2. The first-order chi connectivity index (χ1) is 9.13. The molecule has 1 amide bonds. The van der Waals surface area contributed by atoms with E-state index < -0.39 is 0 Å². The molecule has 0 radical (unpaired) electrons. The summed E-state index contributed by atoms with van der Waals surface area (Å²) in [4.78, 5) is 22.1. The molecule has 19 heavy (non-hydrogen) atoms. The average Bonchev–Trinajstić information content (AvgIpc) is 2.94. The predicted molar refractivity (Wildman–Crippen MR) is 76.4 cm³/mol. The van der Waals surface area contributed by atoms with Gasteiger partial charge in [0.25, 0.3) is 0 Å². The topological polar surface area (TPSA) is 96.2 Å². The van der Waals surface area contributed by atoms with Crippen LogP contribution in [0.5, 0.6) is 0 Å². The molecule has 1 fully saturated rings. The number of rotatable bonds is 4. The van der Waals surface area contributed by atoms with Crippen molar-refractivity contribution in [2.24, 2.45) is 5.84 Å². The Balaban J connectivity index is 2.06. The Morgan fingerprint density at radius 1 is 1.42 bits per heavy atom. The number of halogens is 1. The Labute approximate surface area is 120 Å². The maximum Gasteiger partial charge on any atom is 0.244 e. The van der Waals surface area contributed by atoms with Crippen LogP contribution in [0.2, 0.25) is 0 Å². The molecule has 4 N–H and O–H groups in total. The van der Waals surface area contributed by atoms with E-state index in [0.717, 1.165) is 25.9 Å². The van der Waals surface area contributed by atoms with Gasteiger partial charge in [0, 0.05) is 13.1 Å². The van der Waals surface area contributed by atoms with Crippen molar-refractivity contribution in [1.82, 2.24) is 14.9 Å². The number of hydrazine groups is 1. The molecule has 8 heteroatoms. The number of nitrogen functional groups attached to an aromatic ring is 1. The zero-order chi connectivity index (χ0) is 13.8. The Morgan fingerprint density at radius 2 is 2.05 bits per heavy atom. The van der Waals surface area contributed by atoms with Gasteiger partial charge in [-0.3, -0.25) is 4.79 Å². The molecule has 1 aromatic heterocycles. The van der Waals surface area contributed by atoms with E-state index in [-0.39, 0.29) is 11.9 Å². The smallest absolute Gasteiger partial charge is 0.244 e. The highest BCUT2D eigenvalue weighted by Gasteiger charge is 2.24. The van der Waals surface area contributed by atoms with Crippen molar-refractivity contribution in [2.75, 3.05) is 23.8 Å². The fraction of sp³-hybridized carbons (Fsp3) is 0.545. The van der Waals surface area contributed by atoms with Gasteiger partial charge in [0.05, 0.1) is 0 Å². The van der Waals surface area contributed by atoms with E-state index in [1.807, 2.05) is 11.8 Å². The summed E-state index contributed by atoms with van der Waals surface area (Å²) in [5.41, 5.74) is 2.46. The summed E-state index contributed by atoms with van der Waals surface area (Å²) in [6.07, 6.45) is 3.54. The summed E-state index contributed by atoms with van der Waals surface area (Å²) >= 11 is 3.35. The first-order valence-corrected chi connectivity index (χ1v) is 6.95. The Kier molecular flexibility index (Phi) is 4.54. The minimum atomic E-state index is -0.338. The molecule has 1 unspecified atom stereocenters. The number of nitrogens with two attached hydrogens (primary N) is 1. The quantitative estimate of drug-likeness (QED) is 0.562. The molecule has 1 aromatic rings. The highest BCUT2D eigenvalue weighted by molar-refractivity contribution is 9.10. The molecular formula is C11H17BrN6O. The standard InChI is InChI=1S/C11H17BrN6O/c1-7(11(19)18-4-2-3-5-18)16-9-8(12)10(17-13)15-6-14-9/h6-7H,2-5,13H2,1H3,(H2,14,15,16,17). The Morgan fingerprint density at radius 3 is 2.68 bits per heavy atom. The molecule has 1 atom stereocenters. The minimum Gasteiger partial charge on any atom is -0.358 e. The van der Waals surface area contributed by atoms with Gasteiger partial charge in [0.1, 0.15) is 22.7 Å². The van der Waals surface area contributed by atoms with Gasteiger partial charge < -0.3 is 15.6 Å². The molecule has 0 aliphatic carbocycles. The molecule has 7 nitrogen and oxygen atoms in total. The molecule has 2 heterocycles. The molecule has 0 bridgehead atoms. The molecule has 1 aliphatic rings. The number of likely N-dealkylation sites (tertiary alicyclic amines) is 1. The maximum absolute atomic E-state index is 12.2. The average molecular weight is 329 g/mol. The van der Waals surface area contributed by atoms with E-state index in [4.69, 9.17) is 5.84 Å². The summed E-state index contributed by atoms with van der Waals surface area (Å²) in [5, 5.41) is 3.08. The van der Waals surface area contributed by atoms with E-state index in [0.29, 0.717) is 16.1 Å². The van der Waals surface area contributed by atoms with Crippen molar-refractivity contribution in [1.29, 1.82) is 0 Å². The van der Waals surface area contributed by atoms with Crippen LogP contribution in [0.25, 0.3) is 0 Å². The fourth-order valence-electron chi connectivity index (χ4n) is 2.05. The van der Waals surface area contributed by atoms with E-state index in [1.54, 1.807) is 0 Å². The van der Waals surface area contributed by atoms with Gasteiger partial charge in [0.2, 0.25) is 5.91 Å². The van der Waals surface area contributed by atoms with Crippen molar-refractivity contribution >= 4 is 33.5 Å². The highest BCUT2D eigenvalue weighted by Crippen LogP contribution is 2.26. The number of hydrogen-bond donors (Lipinski definition) is 3. The van der Waals surface area contributed by atoms with Crippen molar-refractivity contribution < 1.29 is 4.79 Å². The normalized spacial score (nSPS) is 16.3. The number of carbonyl (C=O) groups is 1. The van der Waals surface area contributed by atoms with Crippen LogP contribution in [0.15, 0.2) is 10.8 Å². The van der Waals surface area contributed by atoms with Crippen LogP contribution < -0.4 is 16.6 Å². The molecule has 2 rings (SSSR count). The predicted octanol–water partition coefficient (Wildman–Crippen LogP) is 0.947. The number of amides is 1. The van der Waals surface area contributed by atoms with E-state index >= 15 is 0 Å². The lowest BCUT2D eigenvalue weighted by Crippen LogP contribution is -2.39. The highest BCUT2D eigenvalue weighted by atomic mass is 79.9. The summed E-state index contributed by atoms with van der Waals surface area (Å²) in [6, 6.07) is -0.338. The lowest BCUT2D eigenvalue weighted by molar-refractivity contribution is -0.130.